The van der Waals surface area contributed by atoms with Crippen molar-refractivity contribution in [2.75, 3.05) is 13.1 Å². The summed E-state index contributed by atoms with van der Waals surface area (Å²) in [5, 5.41) is 4.17. The largest absolute Gasteiger partial charge is 0.357 e. The van der Waals surface area contributed by atoms with Gasteiger partial charge in [-0.1, -0.05) is 0 Å². The summed E-state index contributed by atoms with van der Waals surface area (Å²) in [5.41, 5.74) is 2.08. The maximum atomic E-state index is 12.5. The zero-order valence-electron chi connectivity index (χ0n) is 14.4. The van der Waals surface area contributed by atoms with Gasteiger partial charge in [-0.2, -0.15) is 11.3 Å². The van der Waals surface area contributed by atoms with E-state index in [9.17, 15) is 9.59 Å². The van der Waals surface area contributed by atoms with E-state index < -0.39 is 0 Å². The third-order valence-electron chi connectivity index (χ3n) is 5.74. The fraction of sp³-hybridized carbons (Fsp3) is 0.474. The highest BCUT2D eigenvalue weighted by atomic mass is 32.1. The fourth-order valence-corrected chi connectivity index (χ4v) is 4.77. The van der Waals surface area contributed by atoms with Crippen molar-refractivity contribution in [3.63, 3.8) is 0 Å². The van der Waals surface area contributed by atoms with Crippen molar-refractivity contribution in [3.05, 3.63) is 46.4 Å². The number of carbonyl (C=O) groups is 2. The predicted octanol–water partition coefficient (Wildman–Crippen LogP) is 3.12. The lowest BCUT2D eigenvalue weighted by molar-refractivity contribution is -0.130. The summed E-state index contributed by atoms with van der Waals surface area (Å²) in [6.45, 7) is 3.93. The number of thiophene rings is 1. The summed E-state index contributed by atoms with van der Waals surface area (Å²) in [5.74, 6) is 0.233. The number of amides is 2. The summed E-state index contributed by atoms with van der Waals surface area (Å²) >= 11 is 1.67. The molecule has 0 bridgehead atoms. The average Bonchev–Trinajstić information content (AvgIpc) is 3.07. The first-order valence-corrected chi connectivity index (χ1v) is 9.74. The molecule has 132 valence electrons. The molecule has 2 aromatic rings. The first-order chi connectivity index (χ1) is 12.1. The van der Waals surface area contributed by atoms with Crippen LogP contribution in [0.5, 0.6) is 0 Å². The van der Waals surface area contributed by atoms with Gasteiger partial charge in [0.15, 0.2) is 0 Å². The molecule has 1 spiro atoms. The molecule has 2 aliphatic rings. The molecule has 25 heavy (non-hydrogen) atoms. The summed E-state index contributed by atoms with van der Waals surface area (Å²) in [6.07, 6.45) is 4.82. The number of nitrogens with zero attached hydrogens (tertiary/aromatic N) is 2. The average molecular weight is 357 g/mol. The summed E-state index contributed by atoms with van der Waals surface area (Å²) in [4.78, 5) is 31.6. The minimum Gasteiger partial charge on any atom is -0.357 e. The lowest BCUT2D eigenvalue weighted by Gasteiger charge is -2.34. The SMILES string of the molecule is CC(=O)N(Cc1ccsc1)C1CC12CCN(C(=O)c1ccc[nH]1)CC2. The van der Waals surface area contributed by atoms with E-state index in [1.807, 2.05) is 21.9 Å². The van der Waals surface area contributed by atoms with Crippen molar-refractivity contribution < 1.29 is 9.59 Å². The Balaban J connectivity index is 1.38. The molecule has 2 fully saturated rings. The maximum Gasteiger partial charge on any atom is 0.270 e. The molecule has 0 radical (unpaired) electrons. The molecule has 2 aromatic heterocycles. The molecule has 0 aromatic carbocycles. The Morgan fingerprint density at radius 3 is 2.76 bits per heavy atom. The van der Waals surface area contributed by atoms with E-state index in [2.05, 4.69) is 21.8 Å². The van der Waals surface area contributed by atoms with Crippen molar-refractivity contribution in [1.82, 2.24) is 14.8 Å². The number of H-pyrrole nitrogens is 1. The number of piperidine rings is 1. The van der Waals surface area contributed by atoms with Crippen molar-refractivity contribution >= 4 is 23.2 Å². The van der Waals surface area contributed by atoms with Gasteiger partial charge in [0, 0.05) is 38.8 Å². The normalized spacial score (nSPS) is 21.3. The zero-order valence-corrected chi connectivity index (χ0v) is 15.2. The second kappa shape index (κ2) is 6.33. The highest BCUT2D eigenvalue weighted by Gasteiger charge is 2.58. The van der Waals surface area contributed by atoms with Gasteiger partial charge in [-0.25, -0.2) is 0 Å². The Morgan fingerprint density at radius 2 is 2.16 bits per heavy atom. The first-order valence-electron chi connectivity index (χ1n) is 8.80. The summed E-state index contributed by atoms with van der Waals surface area (Å²) in [7, 11) is 0. The van der Waals surface area contributed by atoms with Crippen LogP contribution in [0.1, 0.15) is 42.2 Å². The van der Waals surface area contributed by atoms with Gasteiger partial charge in [0.2, 0.25) is 5.91 Å². The van der Waals surface area contributed by atoms with Gasteiger partial charge in [0.1, 0.15) is 5.69 Å². The van der Waals surface area contributed by atoms with Crippen LogP contribution in [0.4, 0.5) is 0 Å². The van der Waals surface area contributed by atoms with Crippen LogP contribution in [0.25, 0.3) is 0 Å². The van der Waals surface area contributed by atoms with Crippen LogP contribution in [-0.4, -0.2) is 45.7 Å². The van der Waals surface area contributed by atoms with Crippen LogP contribution >= 0.6 is 11.3 Å². The Labute approximate surface area is 151 Å². The monoisotopic (exact) mass is 357 g/mol. The third kappa shape index (κ3) is 3.11. The second-order valence-electron chi connectivity index (χ2n) is 7.24. The van der Waals surface area contributed by atoms with Gasteiger partial charge in [0.25, 0.3) is 5.91 Å². The number of nitrogens with one attached hydrogen (secondary N) is 1. The molecule has 1 aliphatic heterocycles. The van der Waals surface area contributed by atoms with Crippen LogP contribution in [0.3, 0.4) is 0 Å². The van der Waals surface area contributed by atoms with Gasteiger partial charge in [-0.15, -0.1) is 0 Å². The Bertz CT molecular complexity index is 746. The maximum absolute atomic E-state index is 12.5. The molecule has 1 unspecified atom stereocenters. The molecular formula is C19H23N3O2S. The zero-order chi connectivity index (χ0) is 17.4. The molecule has 4 rings (SSSR count). The van der Waals surface area contributed by atoms with Gasteiger partial charge in [0.05, 0.1) is 0 Å². The lowest BCUT2D eigenvalue weighted by Crippen LogP contribution is -2.42. The van der Waals surface area contributed by atoms with E-state index in [0.717, 1.165) is 32.4 Å². The molecule has 1 atom stereocenters. The van der Waals surface area contributed by atoms with E-state index in [1.54, 1.807) is 24.5 Å². The number of likely N-dealkylation sites (tertiary alicyclic amines) is 1. The molecule has 1 saturated heterocycles. The van der Waals surface area contributed by atoms with Gasteiger partial charge in [-0.3, -0.25) is 9.59 Å². The standard InChI is InChI=1S/C19H23N3O2S/c1-14(23)22(12-15-4-10-25-13-15)17-11-19(17)5-8-21(9-6-19)18(24)16-3-2-7-20-16/h2-4,7,10,13,17,20H,5-6,8-9,11-12H2,1H3. The topological polar surface area (TPSA) is 56.4 Å². The highest BCUT2D eigenvalue weighted by Crippen LogP contribution is 2.57. The van der Waals surface area contributed by atoms with Gasteiger partial charge >= 0.3 is 0 Å². The minimum atomic E-state index is 0.0822. The van der Waals surface area contributed by atoms with Crippen LogP contribution < -0.4 is 0 Å². The molecule has 5 nitrogen and oxygen atoms in total. The molecule has 6 heteroatoms. The highest BCUT2D eigenvalue weighted by molar-refractivity contribution is 7.07. The first kappa shape index (κ1) is 16.4. The van der Waals surface area contributed by atoms with Crippen molar-refractivity contribution in [2.24, 2.45) is 5.41 Å². The lowest BCUT2D eigenvalue weighted by atomic mass is 9.92. The molecule has 3 heterocycles. The van der Waals surface area contributed by atoms with E-state index >= 15 is 0 Å². The van der Waals surface area contributed by atoms with Crippen LogP contribution in [0.15, 0.2) is 35.2 Å². The second-order valence-corrected chi connectivity index (χ2v) is 8.02. The van der Waals surface area contributed by atoms with E-state index in [0.29, 0.717) is 18.3 Å². The molecule has 1 saturated carbocycles. The Morgan fingerprint density at radius 1 is 1.36 bits per heavy atom. The number of rotatable bonds is 4. The van der Waals surface area contributed by atoms with Gasteiger partial charge in [-0.05, 0) is 59.2 Å². The number of hydrogen-bond acceptors (Lipinski definition) is 3. The van der Waals surface area contributed by atoms with Crippen LogP contribution in [0.2, 0.25) is 0 Å². The van der Waals surface area contributed by atoms with Crippen LogP contribution in [-0.2, 0) is 11.3 Å². The predicted molar refractivity (Wildman–Crippen MR) is 97.3 cm³/mol. The fourth-order valence-electron chi connectivity index (χ4n) is 4.11. The number of aromatic nitrogens is 1. The van der Waals surface area contributed by atoms with E-state index in [-0.39, 0.29) is 17.2 Å². The van der Waals surface area contributed by atoms with E-state index in [1.165, 1.54) is 5.56 Å². The van der Waals surface area contributed by atoms with Crippen molar-refractivity contribution in [1.29, 1.82) is 0 Å². The van der Waals surface area contributed by atoms with Gasteiger partial charge < -0.3 is 14.8 Å². The molecular weight excluding hydrogens is 334 g/mol. The number of aromatic amines is 1. The quantitative estimate of drug-likeness (QED) is 0.914. The molecule has 1 N–H and O–H groups in total. The van der Waals surface area contributed by atoms with Crippen molar-refractivity contribution in [2.45, 2.75) is 38.8 Å². The molecule has 1 aliphatic carbocycles. The number of hydrogen-bond donors (Lipinski definition) is 1. The van der Waals surface area contributed by atoms with E-state index in [4.69, 9.17) is 0 Å². The smallest absolute Gasteiger partial charge is 0.270 e. The van der Waals surface area contributed by atoms with Crippen LogP contribution in [0, 0.1) is 5.41 Å². The minimum absolute atomic E-state index is 0.0822. The Hall–Kier alpha value is -2.08. The summed E-state index contributed by atoms with van der Waals surface area (Å²) < 4.78 is 0. The summed E-state index contributed by atoms with van der Waals surface area (Å²) in [6, 6.07) is 6.09. The number of carbonyl (C=O) groups excluding carboxylic acids is 2. The Kier molecular flexibility index (Phi) is 4.15. The third-order valence-corrected chi connectivity index (χ3v) is 6.47. The molecule has 2 amide bonds. The van der Waals surface area contributed by atoms with Crippen molar-refractivity contribution in [3.8, 4) is 0 Å².